The molecule has 0 fully saturated rings. The van der Waals surface area contributed by atoms with Crippen LogP contribution in [0.25, 0.3) is 0 Å². The van der Waals surface area contributed by atoms with E-state index in [-0.39, 0.29) is 5.41 Å². The van der Waals surface area contributed by atoms with Crippen LogP contribution in [0.5, 0.6) is 0 Å². The second-order valence-electron chi connectivity index (χ2n) is 4.34. The lowest BCUT2D eigenvalue weighted by atomic mass is 9.85. The van der Waals surface area contributed by atoms with E-state index in [9.17, 15) is 0 Å². The molecule has 0 radical (unpaired) electrons. The lowest BCUT2D eigenvalue weighted by molar-refractivity contribution is 0.372. The summed E-state index contributed by atoms with van der Waals surface area (Å²) in [5.74, 6) is 1.14. The molecule has 1 N–H and O–H groups in total. The second-order valence-corrected chi connectivity index (χ2v) is 4.34. The van der Waals surface area contributed by atoms with Crippen LogP contribution >= 0.6 is 0 Å². The maximum absolute atomic E-state index is 4.32. The highest BCUT2D eigenvalue weighted by Gasteiger charge is 2.19. The van der Waals surface area contributed by atoms with Crippen LogP contribution in [0.3, 0.4) is 0 Å². The van der Waals surface area contributed by atoms with Crippen LogP contribution < -0.4 is 5.32 Å². The van der Waals surface area contributed by atoms with E-state index in [1.165, 1.54) is 0 Å². The fraction of sp³-hybridized carbons (Fsp3) is 0.583. The molecule has 84 valence electrons. The highest BCUT2D eigenvalue weighted by atomic mass is 15.0. The molecule has 3 heteroatoms. The van der Waals surface area contributed by atoms with Crippen LogP contribution in [0.2, 0.25) is 0 Å². The van der Waals surface area contributed by atoms with Gasteiger partial charge in [0.2, 0.25) is 0 Å². The number of nitrogens with one attached hydrogen (secondary N) is 1. The first-order valence-corrected chi connectivity index (χ1v) is 5.36. The van der Waals surface area contributed by atoms with Crippen LogP contribution in [-0.4, -0.2) is 23.1 Å². The number of aryl methyl sites for hydroxylation is 2. The molecule has 0 aliphatic heterocycles. The topological polar surface area (TPSA) is 29.9 Å². The van der Waals surface area contributed by atoms with Gasteiger partial charge in [-0.2, -0.15) is 0 Å². The average molecular weight is 207 g/mol. The van der Waals surface area contributed by atoms with E-state index >= 15 is 0 Å². The van der Waals surface area contributed by atoms with Gasteiger partial charge in [0.1, 0.15) is 5.82 Å². The Bertz CT molecular complexity index is 316. The molecule has 0 amide bonds. The molecule has 0 aromatic carbocycles. The van der Waals surface area contributed by atoms with Crippen molar-refractivity contribution in [2.24, 2.45) is 12.5 Å². The van der Waals surface area contributed by atoms with E-state index in [0.29, 0.717) is 0 Å². The minimum Gasteiger partial charge on any atom is -0.338 e. The largest absolute Gasteiger partial charge is 0.338 e. The van der Waals surface area contributed by atoms with Crippen molar-refractivity contribution in [1.82, 2.24) is 14.9 Å². The van der Waals surface area contributed by atoms with Gasteiger partial charge in [-0.25, -0.2) is 4.98 Å². The zero-order valence-corrected chi connectivity index (χ0v) is 9.95. The van der Waals surface area contributed by atoms with Crippen molar-refractivity contribution in [3.05, 3.63) is 30.9 Å². The SMILES string of the molecule is C=CC(C)(CCc1nccn1C)CNC. The second kappa shape index (κ2) is 5.12. The summed E-state index contributed by atoms with van der Waals surface area (Å²) in [5.41, 5.74) is 0.153. The van der Waals surface area contributed by atoms with Crippen molar-refractivity contribution in [3.8, 4) is 0 Å². The Kier molecular flexibility index (Phi) is 4.09. The third kappa shape index (κ3) is 3.20. The van der Waals surface area contributed by atoms with Gasteiger partial charge in [0.25, 0.3) is 0 Å². The van der Waals surface area contributed by atoms with Crippen molar-refractivity contribution in [1.29, 1.82) is 0 Å². The fourth-order valence-electron chi connectivity index (χ4n) is 1.70. The smallest absolute Gasteiger partial charge is 0.108 e. The molecule has 1 heterocycles. The van der Waals surface area contributed by atoms with E-state index in [1.54, 1.807) is 0 Å². The maximum Gasteiger partial charge on any atom is 0.108 e. The van der Waals surface area contributed by atoms with Crippen molar-refractivity contribution in [2.45, 2.75) is 19.8 Å². The molecule has 0 spiro atoms. The minimum atomic E-state index is 0.153. The molecule has 0 saturated carbocycles. The first kappa shape index (κ1) is 12.0. The van der Waals surface area contributed by atoms with Crippen molar-refractivity contribution in [3.63, 3.8) is 0 Å². The van der Waals surface area contributed by atoms with E-state index in [2.05, 4.69) is 28.4 Å². The van der Waals surface area contributed by atoms with Gasteiger partial charge in [-0.15, -0.1) is 6.58 Å². The predicted molar refractivity (Wildman–Crippen MR) is 63.8 cm³/mol. The van der Waals surface area contributed by atoms with Crippen LogP contribution in [0.4, 0.5) is 0 Å². The molecule has 0 saturated heterocycles. The van der Waals surface area contributed by atoms with E-state index in [0.717, 1.165) is 25.2 Å². The molecule has 0 aliphatic carbocycles. The van der Waals surface area contributed by atoms with E-state index in [4.69, 9.17) is 0 Å². The third-order valence-corrected chi connectivity index (χ3v) is 2.91. The van der Waals surface area contributed by atoms with Crippen molar-refractivity contribution >= 4 is 0 Å². The van der Waals surface area contributed by atoms with Crippen molar-refractivity contribution < 1.29 is 0 Å². The van der Waals surface area contributed by atoms with Crippen LogP contribution in [0.15, 0.2) is 25.0 Å². The first-order valence-electron chi connectivity index (χ1n) is 5.36. The quantitative estimate of drug-likeness (QED) is 0.720. The van der Waals surface area contributed by atoms with Crippen LogP contribution in [-0.2, 0) is 13.5 Å². The highest BCUT2D eigenvalue weighted by Crippen LogP contribution is 2.23. The van der Waals surface area contributed by atoms with Gasteiger partial charge in [-0.3, -0.25) is 0 Å². The highest BCUT2D eigenvalue weighted by molar-refractivity contribution is 4.98. The maximum atomic E-state index is 4.32. The average Bonchev–Trinajstić information content (AvgIpc) is 2.62. The van der Waals surface area contributed by atoms with Gasteiger partial charge >= 0.3 is 0 Å². The Balaban J connectivity index is 2.54. The summed E-state index contributed by atoms with van der Waals surface area (Å²) >= 11 is 0. The zero-order valence-electron chi connectivity index (χ0n) is 9.95. The van der Waals surface area contributed by atoms with Gasteiger partial charge in [0.05, 0.1) is 0 Å². The Hall–Kier alpha value is -1.09. The molecule has 0 bridgehead atoms. The summed E-state index contributed by atoms with van der Waals surface area (Å²) in [6.07, 6.45) is 7.93. The van der Waals surface area contributed by atoms with Gasteiger partial charge < -0.3 is 9.88 Å². The van der Waals surface area contributed by atoms with E-state index < -0.39 is 0 Å². The number of hydrogen-bond acceptors (Lipinski definition) is 2. The third-order valence-electron chi connectivity index (χ3n) is 2.91. The number of imidazole rings is 1. The lowest BCUT2D eigenvalue weighted by Crippen LogP contribution is -2.28. The molecule has 0 aliphatic rings. The normalized spacial score (nSPS) is 14.9. The fourth-order valence-corrected chi connectivity index (χ4v) is 1.70. The summed E-state index contributed by atoms with van der Waals surface area (Å²) in [4.78, 5) is 4.32. The monoisotopic (exact) mass is 207 g/mol. The molecular formula is C12H21N3. The Labute approximate surface area is 92.2 Å². The number of aromatic nitrogens is 2. The molecule has 1 aromatic heterocycles. The van der Waals surface area contributed by atoms with E-state index in [1.807, 2.05) is 32.6 Å². The molecule has 1 aromatic rings. The summed E-state index contributed by atoms with van der Waals surface area (Å²) in [7, 11) is 4.01. The number of rotatable bonds is 6. The lowest BCUT2D eigenvalue weighted by Gasteiger charge is -2.25. The number of nitrogens with zero attached hydrogens (tertiary/aromatic N) is 2. The first-order chi connectivity index (χ1) is 7.11. The summed E-state index contributed by atoms with van der Waals surface area (Å²) in [6.45, 7) is 7.09. The number of hydrogen-bond donors (Lipinski definition) is 1. The van der Waals surface area contributed by atoms with Gasteiger partial charge in [0, 0.05) is 32.4 Å². The molecule has 1 atom stereocenters. The predicted octanol–water partition coefficient (Wildman–Crippen LogP) is 1.76. The van der Waals surface area contributed by atoms with Crippen LogP contribution in [0, 0.1) is 5.41 Å². The Morgan fingerprint density at radius 3 is 2.87 bits per heavy atom. The summed E-state index contributed by atoms with van der Waals surface area (Å²) < 4.78 is 2.07. The summed E-state index contributed by atoms with van der Waals surface area (Å²) in [5, 5.41) is 3.21. The molecule has 3 nitrogen and oxygen atoms in total. The molecule has 1 unspecified atom stereocenters. The van der Waals surface area contributed by atoms with Gasteiger partial charge in [-0.1, -0.05) is 13.0 Å². The summed E-state index contributed by atoms with van der Waals surface area (Å²) in [6, 6.07) is 0. The van der Waals surface area contributed by atoms with Crippen LogP contribution in [0.1, 0.15) is 19.2 Å². The Morgan fingerprint density at radius 1 is 1.67 bits per heavy atom. The molecule has 1 rings (SSSR count). The standard InChI is InChI=1S/C12H21N3/c1-5-12(2,10-13-3)7-6-11-14-8-9-15(11)4/h5,8-9,13H,1,6-7,10H2,2-4H3. The zero-order chi connectivity index (χ0) is 11.3. The van der Waals surface area contributed by atoms with Gasteiger partial charge in [0.15, 0.2) is 0 Å². The Morgan fingerprint density at radius 2 is 2.40 bits per heavy atom. The van der Waals surface area contributed by atoms with Gasteiger partial charge in [-0.05, 0) is 18.9 Å². The minimum absolute atomic E-state index is 0.153. The van der Waals surface area contributed by atoms with Crippen molar-refractivity contribution in [2.75, 3.05) is 13.6 Å². The molecule has 15 heavy (non-hydrogen) atoms. The molecular weight excluding hydrogens is 186 g/mol.